The smallest absolute Gasteiger partial charge is 0.0446 e. The molecule has 1 rings (SSSR count). The van der Waals surface area contributed by atoms with E-state index in [-0.39, 0.29) is 0 Å². The molecule has 0 fully saturated rings. The highest BCUT2D eigenvalue weighted by Crippen LogP contribution is 2.18. The molecule has 0 spiro atoms. The Labute approximate surface area is 71.6 Å². The van der Waals surface area contributed by atoms with Crippen molar-refractivity contribution in [3.63, 3.8) is 0 Å². The minimum absolute atomic E-state index is 0.709. The van der Waals surface area contributed by atoms with Crippen LogP contribution in [0, 0.1) is 6.92 Å². The van der Waals surface area contributed by atoms with Gasteiger partial charge in [0.25, 0.3) is 0 Å². The first-order valence-electron chi connectivity index (χ1n) is 3.10. The van der Waals surface area contributed by atoms with Gasteiger partial charge in [0.2, 0.25) is 0 Å². The van der Waals surface area contributed by atoms with Gasteiger partial charge < -0.3 is 0 Å². The standard InChI is InChI=1S/C8H9ClS/c1-6-2-3-8(9)7(4-6)5-10/h2-4,10H,5H2,1H3. The van der Waals surface area contributed by atoms with Crippen molar-refractivity contribution in [3.05, 3.63) is 34.3 Å². The van der Waals surface area contributed by atoms with Crippen LogP contribution in [-0.4, -0.2) is 0 Å². The van der Waals surface area contributed by atoms with Crippen LogP contribution < -0.4 is 0 Å². The van der Waals surface area contributed by atoms with Crippen LogP contribution in [0.4, 0.5) is 0 Å². The lowest BCUT2D eigenvalue weighted by Crippen LogP contribution is -1.80. The molecular weight excluding hydrogens is 164 g/mol. The molecule has 0 atom stereocenters. The molecule has 0 aliphatic carbocycles. The van der Waals surface area contributed by atoms with Crippen LogP contribution >= 0.6 is 24.2 Å². The van der Waals surface area contributed by atoms with Crippen molar-refractivity contribution >= 4 is 24.2 Å². The van der Waals surface area contributed by atoms with Crippen molar-refractivity contribution in [1.29, 1.82) is 0 Å². The number of halogens is 1. The van der Waals surface area contributed by atoms with Crippen molar-refractivity contribution in [2.75, 3.05) is 0 Å². The third-order valence-corrected chi connectivity index (χ3v) is 2.08. The summed E-state index contributed by atoms with van der Waals surface area (Å²) in [7, 11) is 0. The molecule has 0 saturated carbocycles. The van der Waals surface area contributed by atoms with Gasteiger partial charge >= 0.3 is 0 Å². The molecule has 0 saturated heterocycles. The minimum Gasteiger partial charge on any atom is -0.174 e. The van der Waals surface area contributed by atoms with Crippen molar-refractivity contribution in [2.45, 2.75) is 12.7 Å². The predicted molar refractivity (Wildman–Crippen MR) is 48.9 cm³/mol. The minimum atomic E-state index is 0.709. The van der Waals surface area contributed by atoms with E-state index in [0.29, 0.717) is 5.75 Å². The van der Waals surface area contributed by atoms with E-state index in [4.69, 9.17) is 11.6 Å². The second-order valence-electron chi connectivity index (χ2n) is 2.25. The maximum absolute atomic E-state index is 5.85. The first-order valence-corrected chi connectivity index (χ1v) is 4.11. The third kappa shape index (κ3) is 1.68. The topological polar surface area (TPSA) is 0 Å². The Morgan fingerprint density at radius 2 is 2.20 bits per heavy atom. The summed E-state index contributed by atoms with van der Waals surface area (Å²) >= 11 is 9.99. The molecule has 0 aliphatic rings. The molecule has 0 bridgehead atoms. The average Bonchev–Trinajstić information content (AvgIpc) is 1.94. The van der Waals surface area contributed by atoms with Gasteiger partial charge in [-0.25, -0.2) is 0 Å². The lowest BCUT2D eigenvalue weighted by Gasteiger charge is -1.99. The highest BCUT2D eigenvalue weighted by atomic mass is 35.5. The van der Waals surface area contributed by atoms with Gasteiger partial charge in [-0.2, -0.15) is 12.6 Å². The predicted octanol–water partition coefficient (Wildman–Crippen LogP) is 3.08. The van der Waals surface area contributed by atoms with E-state index in [2.05, 4.69) is 18.7 Å². The Hall–Kier alpha value is -0.140. The number of aryl methyl sites for hydroxylation is 1. The average molecular weight is 173 g/mol. The van der Waals surface area contributed by atoms with Crippen molar-refractivity contribution in [3.8, 4) is 0 Å². The summed E-state index contributed by atoms with van der Waals surface area (Å²) in [6.07, 6.45) is 0. The Balaban J connectivity index is 3.09. The molecule has 54 valence electrons. The van der Waals surface area contributed by atoms with E-state index in [1.807, 2.05) is 19.1 Å². The molecule has 10 heavy (non-hydrogen) atoms. The van der Waals surface area contributed by atoms with Gasteiger partial charge in [0.15, 0.2) is 0 Å². The molecule has 1 aromatic carbocycles. The van der Waals surface area contributed by atoms with Crippen LogP contribution in [0.3, 0.4) is 0 Å². The summed E-state index contributed by atoms with van der Waals surface area (Å²) in [6.45, 7) is 2.04. The number of hydrogen-bond donors (Lipinski definition) is 1. The van der Waals surface area contributed by atoms with Gasteiger partial charge in [0.05, 0.1) is 0 Å². The van der Waals surface area contributed by atoms with Gasteiger partial charge in [-0.1, -0.05) is 29.3 Å². The molecule has 1 aromatic rings. The highest BCUT2D eigenvalue weighted by molar-refractivity contribution is 7.79. The van der Waals surface area contributed by atoms with E-state index in [0.717, 1.165) is 10.6 Å². The lowest BCUT2D eigenvalue weighted by atomic mass is 10.2. The van der Waals surface area contributed by atoms with Gasteiger partial charge in [0.1, 0.15) is 0 Å². The summed E-state index contributed by atoms with van der Waals surface area (Å²) in [6, 6.07) is 5.95. The summed E-state index contributed by atoms with van der Waals surface area (Å²) in [4.78, 5) is 0. The highest BCUT2D eigenvalue weighted by Gasteiger charge is 1.95. The van der Waals surface area contributed by atoms with Crippen molar-refractivity contribution in [1.82, 2.24) is 0 Å². The van der Waals surface area contributed by atoms with Gasteiger partial charge in [-0.05, 0) is 18.6 Å². The van der Waals surface area contributed by atoms with Crippen LogP contribution in [0.2, 0.25) is 5.02 Å². The fourth-order valence-electron chi connectivity index (χ4n) is 0.825. The summed E-state index contributed by atoms with van der Waals surface area (Å²) < 4.78 is 0. The molecular formula is C8H9ClS. The molecule has 0 heterocycles. The van der Waals surface area contributed by atoms with E-state index in [9.17, 15) is 0 Å². The quantitative estimate of drug-likeness (QED) is 0.619. The first kappa shape index (κ1) is 7.96. The monoisotopic (exact) mass is 172 g/mol. The Morgan fingerprint density at radius 3 is 2.70 bits per heavy atom. The fourth-order valence-corrected chi connectivity index (χ4v) is 1.36. The molecule has 0 unspecified atom stereocenters. The van der Waals surface area contributed by atoms with Gasteiger partial charge in [-0.15, -0.1) is 0 Å². The maximum atomic E-state index is 5.85. The van der Waals surface area contributed by atoms with Crippen LogP contribution in [0.15, 0.2) is 18.2 Å². The lowest BCUT2D eigenvalue weighted by molar-refractivity contribution is 1.36. The number of hydrogen-bond acceptors (Lipinski definition) is 1. The molecule has 0 aliphatic heterocycles. The third-order valence-electron chi connectivity index (χ3n) is 1.37. The van der Waals surface area contributed by atoms with Crippen molar-refractivity contribution in [2.24, 2.45) is 0 Å². The summed E-state index contributed by atoms with van der Waals surface area (Å²) in [5.74, 6) is 0.709. The summed E-state index contributed by atoms with van der Waals surface area (Å²) in [5, 5.41) is 0.806. The molecule has 0 radical (unpaired) electrons. The zero-order chi connectivity index (χ0) is 7.56. The molecule has 0 nitrogen and oxygen atoms in total. The van der Waals surface area contributed by atoms with E-state index in [1.165, 1.54) is 5.56 Å². The first-order chi connectivity index (χ1) is 4.74. The Morgan fingerprint density at radius 1 is 1.50 bits per heavy atom. The Kier molecular flexibility index (Phi) is 2.64. The second kappa shape index (κ2) is 3.31. The summed E-state index contributed by atoms with van der Waals surface area (Å²) in [5.41, 5.74) is 2.33. The Bertz CT molecular complexity index is 233. The number of rotatable bonds is 1. The van der Waals surface area contributed by atoms with Gasteiger partial charge in [0, 0.05) is 10.8 Å². The van der Waals surface area contributed by atoms with Gasteiger partial charge in [-0.3, -0.25) is 0 Å². The zero-order valence-electron chi connectivity index (χ0n) is 5.76. The van der Waals surface area contributed by atoms with E-state index in [1.54, 1.807) is 0 Å². The molecule has 0 N–H and O–H groups in total. The van der Waals surface area contributed by atoms with Crippen molar-refractivity contribution < 1.29 is 0 Å². The molecule has 0 amide bonds. The van der Waals surface area contributed by atoms with Crippen LogP contribution in [0.5, 0.6) is 0 Å². The largest absolute Gasteiger partial charge is 0.174 e. The molecule has 0 aromatic heterocycles. The SMILES string of the molecule is Cc1ccc(Cl)c(CS)c1. The maximum Gasteiger partial charge on any atom is 0.0446 e. The zero-order valence-corrected chi connectivity index (χ0v) is 7.41. The fraction of sp³-hybridized carbons (Fsp3) is 0.250. The van der Waals surface area contributed by atoms with Crippen LogP contribution in [-0.2, 0) is 5.75 Å². The van der Waals surface area contributed by atoms with E-state index < -0.39 is 0 Å². The second-order valence-corrected chi connectivity index (χ2v) is 2.98. The van der Waals surface area contributed by atoms with Crippen LogP contribution in [0.25, 0.3) is 0 Å². The van der Waals surface area contributed by atoms with E-state index >= 15 is 0 Å². The normalized spacial score (nSPS) is 9.90. The van der Waals surface area contributed by atoms with Crippen LogP contribution in [0.1, 0.15) is 11.1 Å². The molecule has 2 heteroatoms. The number of benzene rings is 1. The number of thiol groups is 1.